The second kappa shape index (κ2) is 5.18. The van der Waals surface area contributed by atoms with E-state index in [0.29, 0.717) is 22.0 Å². The van der Waals surface area contributed by atoms with E-state index >= 15 is 0 Å². The largest absolute Gasteiger partial charge is 0.388 e. The average Bonchev–Trinajstić information content (AvgIpc) is 2.73. The molecule has 1 aromatic heterocycles. The van der Waals surface area contributed by atoms with Gasteiger partial charge in [-0.2, -0.15) is 0 Å². The van der Waals surface area contributed by atoms with Crippen molar-refractivity contribution in [1.29, 1.82) is 0 Å². The highest BCUT2D eigenvalue weighted by Gasteiger charge is 2.28. The number of aromatic nitrogens is 2. The first-order valence-electron chi connectivity index (χ1n) is 6.38. The highest BCUT2D eigenvalue weighted by molar-refractivity contribution is 7.80. The molecular weight excluding hydrogens is 244 g/mol. The van der Waals surface area contributed by atoms with Crippen LogP contribution in [0.5, 0.6) is 0 Å². The van der Waals surface area contributed by atoms with Crippen molar-refractivity contribution in [2.24, 2.45) is 11.1 Å². The number of rotatable bonds is 4. The molecule has 0 saturated heterocycles. The molecule has 1 heterocycles. The molecular formula is C13H20N4S. The lowest BCUT2D eigenvalue weighted by atomic mass is 9.89. The van der Waals surface area contributed by atoms with Crippen LogP contribution in [0.2, 0.25) is 0 Å². The molecule has 98 valence electrons. The van der Waals surface area contributed by atoms with Gasteiger partial charge < -0.3 is 11.1 Å². The van der Waals surface area contributed by atoms with Gasteiger partial charge in [-0.3, -0.25) is 0 Å². The van der Waals surface area contributed by atoms with E-state index in [2.05, 4.69) is 22.2 Å². The minimum Gasteiger partial charge on any atom is -0.388 e. The van der Waals surface area contributed by atoms with Gasteiger partial charge in [0.15, 0.2) is 0 Å². The number of anilines is 1. The third-order valence-corrected chi connectivity index (χ3v) is 3.80. The summed E-state index contributed by atoms with van der Waals surface area (Å²) in [4.78, 5) is 9.02. The van der Waals surface area contributed by atoms with Crippen molar-refractivity contribution in [2.45, 2.75) is 39.5 Å². The number of nitrogens with two attached hydrogens (primary N) is 1. The van der Waals surface area contributed by atoms with Crippen LogP contribution < -0.4 is 11.1 Å². The molecule has 1 fully saturated rings. The maximum Gasteiger partial charge on any atom is 0.223 e. The quantitative estimate of drug-likeness (QED) is 0.818. The second-order valence-corrected chi connectivity index (χ2v) is 5.89. The second-order valence-electron chi connectivity index (χ2n) is 5.45. The van der Waals surface area contributed by atoms with Crippen molar-refractivity contribution in [3.8, 4) is 0 Å². The molecule has 0 unspecified atom stereocenters. The van der Waals surface area contributed by atoms with Crippen LogP contribution in [0.1, 0.15) is 44.0 Å². The summed E-state index contributed by atoms with van der Waals surface area (Å²) in [6.07, 6.45) is 5.19. The van der Waals surface area contributed by atoms with Gasteiger partial charge in [0.2, 0.25) is 5.95 Å². The summed E-state index contributed by atoms with van der Waals surface area (Å²) in [7, 11) is 0. The van der Waals surface area contributed by atoms with Crippen LogP contribution in [0.15, 0.2) is 6.07 Å². The lowest BCUT2D eigenvalue weighted by Gasteiger charge is -2.23. The molecule has 4 nitrogen and oxygen atoms in total. The van der Waals surface area contributed by atoms with Crippen LogP contribution in [0.4, 0.5) is 5.95 Å². The van der Waals surface area contributed by atoms with Crippen LogP contribution in [0, 0.1) is 12.3 Å². The SMILES string of the molecule is Cc1cc(C(N)=S)nc(NCC2(C)CCCC2)n1. The highest BCUT2D eigenvalue weighted by atomic mass is 32.1. The zero-order valence-electron chi connectivity index (χ0n) is 11.0. The van der Waals surface area contributed by atoms with Crippen molar-refractivity contribution < 1.29 is 0 Å². The molecule has 2 rings (SSSR count). The lowest BCUT2D eigenvalue weighted by molar-refractivity contribution is 0.361. The van der Waals surface area contributed by atoms with Crippen molar-refractivity contribution in [1.82, 2.24) is 9.97 Å². The van der Waals surface area contributed by atoms with Crippen LogP contribution in [-0.2, 0) is 0 Å². The normalized spacial score (nSPS) is 17.7. The van der Waals surface area contributed by atoms with E-state index in [4.69, 9.17) is 18.0 Å². The zero-order valence-corrected chi connectivity index (χ0v) is 11.8. The minimum atomic E-state index is 0.315. The maximum atomic E-state index is 5.61. The molecule has 0 amide bonds. The van der Waals surface area contributed by atoms with Crippen molar-refractivity contribution in [2.75, 3.05) is 11.9 Å². The number of hydrogen-bond acceptors (Lipinski definition) is 4. The van der Waals surface area contributed by atoms with Crippen LogP contribution in [0.3, 0.4) is 0 Å². The number of thiocarbonyl (C=S) groups is 1. The minimum absolute atomic E-state index is 0.315. The Bertz CT molecular complexity index is 452. The number of aryl methyl sites for hydroxylation is 1. The van der Waals surface area contributed by atoms with E-state index in [1.54, 1.807) is 0 Å². The van der Waals surface area contributed by atoms with Gasteiger partial charge in [0.1, 0.15) is 10.7 Å². The summed E-state index contributed by atoms with van der Waals surface area (Å²) in [5, 5.41) is 3.33. The first-order chi connectivity index (χ1) is 8.48. The molecule has 5 heteroatoms. The zero-order chi connectivity index (χ0) is 13.2. The van der Waals surface area contributed by atoms with E-state index in [1.165, 1.54) is 25.7 Å². The molecule has 0 bridgehead atoms. The molecule has 18 heavy (non-hydrogen) atoms. The Morgan fingerprint density at radius 3 is 2.72 bits per heavy atom. The standard InChI is InChI=1S/C13H20N4S/c1-9-7-10(11(14)18)17-12(16-9)15-8-13(2)5-3-4-6-13/h7H,3-6,8H2,1-2H3,(H2,14,18)(H,15,16,17). The highest BCUT2D eigenvalue weighted by Crippen LogP contribution is 2.37. The Morgan fingerprint density at radius 1 is 1.44 bits per heavy atom. The van der Waals surface area contributed by atoms with E-state index in [-0.39, 0.29) is 0 Å². The Balaban J connectivity index is 2.07. The summed E-state index contributed by atoms with van der Waals surface area (Å²) in [5.41, 5.74) is 7.50. The van der Waals surface area contributed by atoms with E-state index < -0.39 is 0 Å². The number of nitrogens with one attached hydrogen (secondary N) is 1. The summed E-state index contributed by atoms with van der Waals surface area (Å²) in [5.74, 6) is 0.630. The summed E-state index contributed by atoms with van der Waals surface area (Å²) >= 11 is 4.95. The molecule has 0 aromatic carbocycles. The summed E-state index contributed by atoms with van der Waals surface area (Å²) in [6, 6.07) is 1.81. The third-order valence-electron chi connectivity index (χ3n) is 3.59. The molecule has 0 atom stereocenters. The van der Waals surface area contributed by atoms with E-state index in [0.717, 1.165) is 12.2 Å². The fourth-order valence-electron chi connectivity index (χ4n) is 2.47. The van der Waals surface area contributed by atoms with E-state index in [1.807, 2.05) is 13.0 Å². The molecule has 0 radical (unpaired) electrons. The predicted octanol–water partition coefficient (Wildman–Crippen LogP) is 2.41. The topological polar surface area (TPSA) is 63.8 Å². The first kappa shape index (κ1) is 13.2. The average molecular weight is 264 g/mol. The van der Waals surface area contributed by atoms with Crippen molar-refractivity contribution in [3.63, 3.8) is 0 Å². The molecule has 1 aromatic rings. The van der Waals surface area contributed by atoms with E-state index in [9.17, 15) is 0 Å². The van der Waals surface area contributed by atoms with Gasteiger partial charge >= 0.3 is 0 Å². The van der Waals surface area contributed by atoms with Crippen LogP contribution >= 0.6 is 12.2 Å². The maximum absolute atomic E-state index is 5.61. The molecule has 1 aliphatic carbocycles. The number of hydrogen-bond donors (Lipinski definition) is 2. The predicted molar refractivity (Wildman–Crippen MR) is 77.7 cm³/mol. The first-order valence-corrected chi connectivity index (χ1v) is 6.79. The van der Waals surface area contributed by atoms with Gasteiger partial charge in [0.25, 0.3) is 0 Å². The molecule has 0 aliphatic heterocycles. The van der Waals surface area contributed by atoms with Gasteiger partial charge in [-0.05, 0) is 31.2 Å². The Labute approximate surface area is 113 Å². The fourth-order valence-corrected chi connectivity index (χ4v) is 2.58. The van der Waals surface area contributed by atoms with Gasteiger partial charge in [-0.25, -0.2) is 9.97 Å². The van der Waals surface area contributed by atoms with Gasteiger partial charge in [-0.1, -0.05) is 32.0 Å². The lowest BCUT2D eigenvalue weighted by Crippen LogP contribution is -2.24. The summed E-state index contributed by atoms with van der Waals surface area (Å²) < 4.78 is 0. The molecule has 1 saturated carbocycles. The fraction of sp³-hybridized carbons (Fsp3) is 0.615. The summed E-state index contributed by atoms with van der Waals surface area (Å²) in [6.45, 7) is 5.15. The van der Waals surface area contributed by atoms with Gasteiger partial charge in [0, 0.05) is 12.2 Å². The Morgan fingerprint density at radius 2 is 2.11 bits per heavy atom. The van der Waals surface area contributed by atoms with Gasteiger partial charge in [0.05, 0.1) is 0 Å². The Kier molecular flexibility index (Phi) is 3.80. The monoisotopic (exact) mass is 264 g/mol. The van der Waals surface area contributed by atoms with Crippen LogP contribution in [0.25, 0.3) is 0 Å². The van der Waals surface area contributed by atoms with Crippen LogP contribution in [-0.4, -0.2) is 21.5 Å². The molecule has 0 spiro atoms. The van der Waals surface area contributed by atoms with Gasteiger partial charge in [-0.15, -0.1) is 0 Å². The smallest absolute Gasteiger partial charge is 0.223 e. The molecule has 1 aliphatic rings. The van der Waals surface area contributed by atoms with Crippen molar-refractivity contribution in [3.05, 3.63) is 17.5 Å². The van der Waals surface area contributed by atoms with Crippen molar-refractivity contribution >= 4 is 23.2 Å². The third kappa shape index (κ3) is 3.16. The molecule has 3 N–H and O–H groups in total. The Hall–Kier alpha value is -1.23. The number of nitrogens with zero attached hydrogens (tertiary/aromatic N) is 2.